The molecule has 0 bridgehead atoms. The van der Waals surface area contributed by atoms with E-state index in [1.807, 2.05) is 29.2 Å². The molecule has 1 aromatic heterocycles. The van der Waals surface area contributed by atoms with Gasteiger partial charge in [0.05, 0.1) is 5.92 Å². The van der Waals surface area contributed by atoms with Gasteiger partial charge in [0, 0.05) is 37.7 Å². The second-order valence-corrected chi connectivity index (χ2v) is 8.58. The number of rotatable bonds is 6. The SMILES string of the molecule is CC(=O)Nc1ccc(-c2noc([C@H]3CCCN(C(=O)CCC4CCCC4)C3)n2)cc1. The third kappa shape index (κ3) is 5.07. The van der Waals surface area contributed by atoms with Crippen molar-refractivity contribution in [3.05, 3.63) is 30.2 Å². The minimum atomic E-state index is -0.107. The Kier molecular flexibility index (Phi) is 6.45. The Balaban J connectivity index is 1.35. The van der Waals surface area contributed by atoms with Crippen LogP contribution in [0.25, 0.3) is 11.4 Å². The van der Waals surface area contributed by atoms with Crippen LogP contribution in [0.5, 0.6) is 0 Å². The van der Waals surface area contributed by atoms with Crippen LogP contribution >= 0.6 is 0 Å². The second kappa shape index (κ2) is 9.41. The fraction of sp³-hybridized carbons (Fsp3) is 0.565. The molecule has 2 heterocycles. The van der Waals surface area contributed by atoms with Crippen LogP contribution < -0.4 is 5.32 Å². The summed E-state index contributed by atoms with van der Waals surface area (Å²) >= 11 is 0. The lowest BCUT2D eigenvalue weighted by Gasteiger charge is -2.31. The predicted octanol–water partition coefficient (Wildman–Crippen LogP) is 4.37. The fourth-order valence-electron chi connectivity index (χ4n) is 4.61. The van der Waals surface area contributed by atoms with Crippen LogP contribution in [-0.4, -0.2) is 39.9 Å². The van der Waals surface area contributed by atoms with Gasteiger partial charge in [-0.1, -0.05) is 30.8 Å². The zero-order valence-electron chi connectivity index (χ0n) is 17.6. The minimum Gasteiger partial charge on any atom is -0.342 e. The van der Waals surface area contributed by atoms with Crippen molar-refractivity contribution in [2.45, 2.75) is 64.2 Å². The van der Waals surface area contributed by atoms with Crippen molar-refractivity contribution in [3.8, 4) is 11.4 Å². The lowest BCUT2D eigenvalue weighted by Crippen LogP contribution is -2.39. The maximum atomic E-state index is 12.7. The van der Waals surface area contributed by atoms with Gasteiger partial charge in [0.15, 0.2) is 0 Å². The van der Waals surface area contributed by atoms with Crippen molar-refractivity contribution in [1.29, 1.82) is 0 Å². The average Bonchev–Trinajstić information content (AvgIpc) is 3.44. The summed E-state index contributed by atoms with van der Waals surface area (Å²) in [4.78, 5) is 30.4. The molecule has 1 atom stereocenters. The van der Waals surface area contributed by atoms with Gasteiger partial charge in [0.25, 0.3) is 0 Å². The number of benzene rings is 1. The first-order chi connectivity index (χ1) is 14.6. The highest BCUT2D eigenvalue weighted by Gasteiger charge is 2.29. The van der Waals surface area contributed by atoms with E-state index in [9.17, 15) is 9.59 Å². The van der Waals surface area contributed by atoms with E-state index in [1.54, 1.807) is 0 Å². The van der Waals surface area contributed by atoms with Crippen molar-refractivity contribution < 1.29 is 14.1 Å². The van der Waals surface area contributed by atoms with E-state index in [-0.39, 0.29) is 17.7 Å². The first-order valence-corrected chi connectivity index (χ1v) is 11.1. The first kappa shape index (κ1) is 20.6. The smallest absolute Gasteiger partial charge is 0.231 e. The van der Waals surface area contributed by atoms with Crippen LogP contribution in [-0.2, 0) is 9.59 Å². The van der Waals surface area contributed by atoms with Crippen LogP contribution in [0.1, 0.15) is 70.1 Å². The van der Waals surface area contributed by atoms with Crippen molar-refractivity contribution >= 4 is 17.5 Å². The molecule has 160 valence electrons. The molecule has 7 nitrogen and oxygen atoms in total. The van der Waals surface area contributed by atoms with Gasteiger partial charge in [-0.25, -0.2) is 0 Å². The van der Waals surface area contributed by atoms with Gasteiger partial charge in [-0.3, -0.25) is 9.59 Å². The number of piperidine rings is 1. The summed E-state index contributed by atoms with van der Waals surface area (Å²) in [7, 11) is 0. The van der Waals surface area contributed by atoms with Crippen molar-refractivity contribution in [3.63, 3.8) is 0 Å². The fourth-order valence-corrected chi connectivity index (χ4v) is 4.61. The summed E-state index contributed by atoms with van der Waals surface area (Å²) in [5.74, 6) is 2.12. The number of nitrogens with one attached hydrogen (secondary N) is 1. The van der Waals surface area contributed by atoms with Gasteiger partial charge in [-0.15, -0.1) is 0 Å². The van der Waals surface area contributed by atoms with Crippen LogP contribution in [0, 0.1) is 5.92 Å². The summed E-state index contributed by atoms with van der Waals surface area (Å²) in [6, 6.07) is 7.36. The molecule has 0 radical (unpaired) electrons. The molecule has 2 aliphatic rings. The Labute approximate surface area is 177 Å². The van der Waals surface area contributed by atoms with Gasteiger partial charge in [0.1, 0.15) is 0 Å². The predicted molar refractivity (Wildman–Crippen MR) is 114 cm³/mol. The minimum absolute atomic E-state index is 0.0917. The van der Waals surface area contributed by atoms with E-state index in [0.29, 0.717) is 24.7 Å². The number of nitrogens with zero attached hydrogens (tertiary/aromatic N) is 3. The average molecular weight is 411 g/mol. The highest BCUT2D eigenvalue weighted by Crippen LogP contribution is 2.31. The quantitative estimate of drug-likeness (QED) is 0.764. The van der Waals surface area contributed by atoms with Crippen LogP contribution in [0.15, 0.2) is 28.8 Å². The van der Waals surface area contributed by atoms with Gasteiger partial charge >= 0.3 is 0 Å². The van der Waals surface area contributed by atoms with Gasteiger partial charge in [-0.2, -0.15) is 4.98 Å². The number of aromatic nitrogens is 2. The highest BCUT2D eigenvalue weighted by molar-refractivity contribution is 5.88. The molecule has 2 fully saturated rings. The molecule has 4 rings (SSSR count). The number of carbonyl (C=O) groups excluding carboxylic acids is 2. The highest BCUT2D eigenvalue weighted by atomic mass is 16.5. The molecule has 2 aromatic rings. The number of hydrogen-bond acceptors (Lipinski definition) is 5. The zero-order chi connectivity index (χ0) is 20.9. The van der Waals surface area contributed by atoms with E-state index in [4.69, 9.17) is 4.52 Å². The molecular formula is C23H30N4O3. The maximum absolute atomic E-state index is 12.7. The Morgan fingerprint density at radius 1 is 1.13 bits per heavy atom. The molecule has 1 aliphatic heterocycles. The van der Waals surface area contributed by atoms with Crippen molar-refractivity contribution in [2.24, 2.45) is 5.92 Å². The van der Waals surface area contributed by atoms with E-state index in [1.165, 1.54) is 32.6 Å². The molecule has 2 amide bonds. The Bertz CT molecular complexity index is 871. The lowest BCUT2D eigenvalue weighted by molar-refractivity contribution is -0.132. The topological polar surface area (TPSA) is 88.3 Å². The molecule has 7 heteroatoms. The number of amides is 2. The van der Waals surface area contributed by atoms with Crippen LogP contribution in [0.4, 0.5) is 5.69 Å². The zero-order valence-corrected chi connectivity index (χ0v) is 17.6. The Hall–Kier alpha value is -2.70. The molecule has 1 saturated carbocycles. The van der Waals surface area contributed by atoms with Crippen molar-refractivity contribution in [2.75, 3.05) is 18.4 Å². The summed E-state index contributed by atoms with van der Waals surface area (Å²) in [6.07, 6.45) is 8.81. The van der Waals surface area contributed by atoms with E-state index < -0.39 is 0 Å². The Morgan fingerprint density at radius 3 is 2.63 bits per heavy atom. The second-order valence-electron chi connectivity index (χ2n) is 8.58. The third-order valence-corrected chi connectivity index (χ3v) is 6.27. The summed E-state index contributed by atoms with van der Waals surface area (Å²) in [5, 5.41) is 6.88. The largest absolute Gasteiger partial charge is 0.342 e. The lowest BCUT2D eigenvalue weighted by atomic mass is 9.96. The Morgan fingerprint density at radius 2 is 1.90 bits per heavy atom. The molecule has 0 spiro atoms. The van der Waals surface area contributed by atoms with E-state index >= 15 is 0 Å². The number of hydrogen-bond donors (Lipinski definition) is 1. The number of likely N-dealkylation sites (tertiary alicyclic amines) is 1. The molecule has 1 N–H and O–H groups in total. The monoisotopic (exact) mass is 410 g/mol. The summed E-state index contributed by atoms with van der Waals surface area (Å²) in [5.41, 5.74) is 1.56. The maximum Gasteiger partial charge on any atom is 0.231 e. The summed E-state index contributed by atoms with van der Waals surface area (Å²) < 4.78 is 5.55. The normalized spacial score (nSPS) is 19.8. The molecule has 1 saturated heterocycles. The van der Waals surface area contributed by atoms with Gasteiger partial charge < -0.3 is 14.7 Å². The van der Waals surface area contributed by atoms with Gasteiger partial charge in [-0.05, 0) is 49.4 Å². The first-order valence-electron chi connectivity index (χ1n) is 11.1. The third-order valence-electron chi connectivity index (χ3n) is 6.27. The molecule has 30 heavy (non-hydrogen) atoms. The van der Waals surface area contributed by atoms with Crippen LogP contribution in [0.3, 0.4) is 0 Å². The van der Waals surface area contributed by atoms with Gasteiger partial charge in [0.2, 0.25) is 23.5 Å². The number of anilines is 1. The van der Waals surface area contributed by atoms with Crippen molar-refractivity contribution in [1.82, 2.24) is 15.0 Å². The van der Waals surface area contributed by atoms with E-state index in [0.717, 1.165) is 43.0 Å². The molecular weight excluding hydrogens is 380 g/mol. The van der Waals surface area contributed by atoms with Crippen LogP contribution in [0.2, 0.25) is 0 Å². The summed E-state index contributed by atoms with van der Waals surface area (Å²) in [6.45, 7) is 2.96. The van der Waals surface area contributed by atoms with E-state index in [2.05, 4.69) is 15.5 Å². The number of carbonyl (C=O) groups is 2. The molecule has 0 unspecified atom stereocenters. The molecule has 1 aromatic carbocycles. The molecule has 1 aliphatic carbocycles. The standard InChI is InChI=1S/C23H30N4O3/c1-16(28)24-20-11-9-18(10-12-20)22-25-23(30-26-22)19-7-4-14-27(15-19)21(29)13-8-17-5-2-3-6-17/h9-12,17,19H,2-8,13-15H2,1H3,(H,24,28)/t19-/m0/s1.